The van der Waals surface area contributed by atoms with Crippen LogP contribution in [0.15, 0.2) is 96.4 Å². The number of nitrogens with zero attached hydrogens (tertiary/aromatic N) is 2. The van der Waals surface area contributed by atoms with E-state index in [0.29, 0.717) is 16.2 Å². The van der Waals surface area contributed by atoms with E-state index in [1.54, 1.807) is 16.7 Å². The van der Waals surface area contributed by atoms with Gasteiger partial charge in [-0.15, -0.1) is 0 Å². The molecule has 2 nitrogen and oxygen atoms in total. The van der Waals surface area contributed by atoms with Gasteiger partial charge in [0.25, 0.3) is 0 Å². The second-order valence-electron chi connectivity index (χ2n) is 19.6. The van der Waals surface area contributed by atoms with E-state index in [1.165, 1.54) is 107 Å². The van der Waals surface area contributed by atoms with Crippen LogP contribution in [0.3, 0.4) is 0 Å². The molecule has 4 heteroatoms. The zero-order chi connectivity index (χ0) is 36.0. The fraction of sp³-hybridized carbons (Fsp3) is 0.549. The first-order chi connectivity index (χ1) is 25.7. The molecule has 3 aromatic rings. The summed E-state index contributed by atoms with van der Waals surface area (Å²) in [6.45, 7) is 10.3. The van der Waals surface area contributed by atoms with E-state index < -0.39 is 0 Å². The number of hydrogen-bond donors (Lipinski definition) is 0. The standard InChI is InChI=1S/C26H31N2.C25H31.2Y/c1-25-15-6-5-7-18(25)10-11-19-20-12-13-24(26(20,2)16-14-21(19)25)28-17-27-22-8-3-4-9-23(22)28;1-24-16-7-6-10-19(24)11-12-20-22-14-13-21(18-8-4-3-5-9-18)25(22,2)17-15-23(20)24;;/h3-5,8-10,13,17,19-21H,6-7,11-12,14-16H2,1-2H3;3-6,8-9,11,13,20,22-23H,7,10,12,14-17H2,1-2H3;;/q2*-1;;/t19?,20?,21?,25-,26-;20?,22?,23?,24-,25+;;/m00../s1. The molecule has 4 saturated carbocycles. The van der Waals surface area contributed by atoms with Crippen molar-refractivity contribution in [3.63, 3.8) is 0 Å². The molecular weight excluding hydrogens is 818 g/mol. The van der Waals surface area contributed by atoms with Crippen molar-refractivity contribution in [3.8, 4) is 0 Å². The molecule has 0 N–H and O–H groups in total. The van der Waals surface area contributed by atoms with E-state index >= 15 is 0 Å². The van der Waals surface area contributed by atoms with Gasteiger partial charge in [0.2, 0.25) is 0 Å². The van der Waals surface area contributed by atoms with Crippen LogP contribution in [0.5, 0.6) is 0 Å². The van der Waals surface area contributed by atoms with Gasteiger partial charge >= 0.3 is 0 Å². The summed E-state index contributed by atoms with van der Waals surface area (Å²) in [6, 6.07) is 19.8. The van der Waals surface area contributed by atoms with Crippen LogP contribution in [-0.4, -0.2) is 9.55 Å². The maximum atomic E-state index is 4.69. The fourth-order valence-electron chi connectivity index (χ4n) is 14.7. The summed E-state index contributed by atoms with van der Waals surface area (Å²) in [5.74, 6) is 5.16. The molecule has 0 amide bonds. The summed E-state index contributed by atoms with van der Waals surface area (Å²) in [6.07, 6.45) is 36.1. The number of allylic oxidation sites excluding steroid dienone is 8. The largest absolute Gasteiger partial charge is 0.325 e. The Hall–Kier alpha value is -0.922. The Bertz CT molecular complexity index is 2020. The van der Waals surface area contributed by atoms with Crippen LogP contribution in [0.1, 0.15) is 123 Å². The van der Waals surface area contributed by atoms with Gasteiger partial charge in [0.05, 0.1) is 11.0 Å². The zero-order valence-electron chi connectivity index (χ0n) is 34.2. The van der Waals surface area contributed by atoms with E-state index in [0.717, 1.165) is 41.0 Å². The minimum Gasteiger partial charge on any atom is -0.325 e. The third kappa shape index (κ3) is 6.40. The molecule has 2 radical (unpaired) electrons. The summed E-state index contributed by atoms with van der Waals surface area (Å²) in [7, 11) is 0. The van der Waals surface area contributed by atoms with Crippen molar-refractivity contribution in [2.45, 2.75) is 118 Å². The minimum atomic E-state index is 0. The first kappa shape index (κ1) is 40.8. The normalized spacial score (nSPS) is 39.6. The van der Waals surface area contributed by atoms with Crippen molar-refractivity contribution >= 4 is 22.3 Å². The quantitative estimate of drug-likeness (QED) is 0.185. The first-order valence-corrected chi connectivity index (χ1v) is 21.7. The van der Waals surface area contributed by atoms with Crippen molar-refractivity contribution in [3.05, 3.63) is 115 Å². The second kappa shape index (κ2) is 15.6. The number of benzene rings is 2. The molecule has 55 heavy (non-hydrogen) atoms. The molecule has 0 saturated heterocycles. The fourth-order valence-corrected chi connectivity index (χ4v) is 14.7. The van der Waals surface area contributed by atoms with Crippen molar-refractivity contribution in [1.29, 1.82) is 0 Å². The van der Waals surface area contributed by atoms with Crippen LogP contribution in [-0.2, 0) is 65.4 Å². The molecule has 0 bridgehead atoms. The van der Waals surface area contributed by atoms with Gasteiger partial charge in [-0.1, -0.05) is 118 Å². The Morgan fingerprint density at radius 1 is 0.582 bits per heavy atom. The summed E-state index contributed by atoms with van der Waals surface area (Å²) in [5, 5.41) is 0. The molecular formula is C51H62N2Y2-2. The van der Waals surface area contributed by atoms with Crippen molar-refractivity contribution < 1.29 is 65.4 Å². The summed E-state index contributed by atoms with van der Waals surface area (Å²) >= 11 is 0. The molecule has 0 aliphatic heterocycles. The Labute approximate surface area is 383 Å². The van der Waals surface area contributed by atoms with Crippen LogP contribution < -0.4 is 0 Å². The number of rotatable bonds is 2. The maximum absolute atomic E-state index is 4.69. The monoisotopic (exact) mass is 880 g/mol. The molecule has 1 aromatic heterocycles. The molecule has 10 atom stereocenters. The van der Waals surface area contributed by atoms with Crippen molar-refractivity contribution in [2.24, 2.45) is 57.2 Å². The van der Waals surface area contributed by atoms with E-state index in [2.05, 4.69) is 135 Å². The van der Waals surface area contributed by atoms with Crippen LogP contribution in [0, 0.1) is 70.0 Å². The van der Waals surface area contributed by atoms with Gasteiger partial charge in [0.1, 0.15) is 6.33 Å². The van der Waals surface area contributed by atoms with Crippen LogP contribution in [0.25, 0.3) is 22.3 Å². The number of fused-ring (bicyclic) bond motifs is 11. The zero-order valence-corrected chi connectivity index (χ0v) is 39.8. The molecule has 8 aliphatic carbocycles. The molecule has 0 spiro atoms. The number of imidazole rings is 1. The van der Waals surface area contributed by atoms with E-state index in [9.17, 15) is 0 Å². The Kier molecular flexibility index (Phi) is 11.6. The molecule has 8 aliphatic rings. The van der Waals surface area contributed by atoms with E-state index in [4.69, 9.17) is 0 Å². The molecule has 1 heterocycles. The average molecular weight is 881 g/mol. The third-order valence-electron chi connectivity index (χ3n) is 17.6. The van der Waals surface area contributed by atoms with Gasteiger partial charge in [-0.2, -0.15) is 25.7 Å². The Balaban J connectivity index is 0.000000151. The first-order valence-electron chi connectivity index (χ1n) is 21.7. The van der Waals surface area contributed by atoms with E-state index in [-0.39, 0.29) is 70.8 Å². The van der Waals surface area contributed by atoms with Crippen LogP contribution in [0.2, 0.25) is 0 Å². The number of hydrogen-bond acceptors (Lipinski definition) is 1. The number of aromatic nitrogens is 2. The van der Waals surface area contributed by atoms with Crippen molar-refractivity contribution in [2.75, 3.05) is 0 Å². The van der Waals surface area contributed by atoms with Gasteiger partial charge in [-0.3, -0.25) is 0 Å². The van der Waals surface area contributed by atoms with E-state index in [1.807, 2.05) is 0 Å². The average Bonchev–Trinajstić information content (AvgIpc) is 3.87. The predicted molar refractivity (Wildman–Crippen MR) is 221 cm³/mol. The maximum Gasteiger partial charge on any atom is 0.100 e. The molecule has 6 unspecified atom stereocenters. The van der Waals surface area contributed by atoms with Gasteiger partial charge < -0.3 is 17.4 Å². The predicted octanol–water partition coefficient (Wildman–Crippen LogP) is 13.5. The summed E-state index contributed by atoms with van der Waals surface area (Å²) in [5.41, 5.74) is 12.2. The summed E-state index contributed by atoms with van der Waals surface area (Å²) in [4.78, 5) is 4.69. The smallest absolute Gasteiger partial charge is 0.100 e. The molecule has 2 aromatic carbocycles. The van der Waals surface area contributed by atoms with Crippen molar-refractivity contribution in [1.82, 2.24) is 9.55 Å². The third-order valence-corrected chi connectivity index (χ3v) is 17.6. The minimum absolute atomic E-state index is 0. The molecule has 284 valence electrons. The molecule has 4 fully saturated rings. The van der Waals surface area contributed by atoms with Gasteiger partial charge in [-0.05, 0) is 126 Å². The van der Waals surface area contributed by atoms with Crippen LogP contribution in [0.4, 0.5) is 0 Å². The van der Waals surface area contributed by atoms with Gasteiger partial charge in [0, 0.05) is 76.5 Å². The Morgan fingerprint density at radius 3 is 1.80 bits per heavy atom. The van der Waals surface area contributed by atoms with Gasteiger partial charge in [-0.25, -0.2) is 4.98 Å². The Morgan fingerprint density at radius 2 is 1.15 bits per heavy atom. The van der Waals surface area contributed by atoms with Crippen LogP contribution >= 0.6 is 0 Å². The number of para-hydroxylation sites is 2. The topological polar surface area (TPSA) is 17.8 Å². The molecule has 11 rings (SSSR count). The van der Waals surface area contributed by atoms with Gasteiger partial charge in [0.15, 0.2) is 0 Å². The summed E-state index contributed by atoms with van der Waals surface area (Å²) < 4.78 is 2.40. The SMILES string of the molecule is C[C@]12CC[CH-]CC1=CCC1C2CC[C@]2(C)C(c3ccccc3)=CCC12.C[C@]12CC[CH-]CC1=CCC1C2CC[C@]2(C)C(n3cnc4ccccc43)=CCC12.[Y].[Y]. The second-order valence-corrected chi connectivity index (χ2v) is 19.6.